The minimum atomic E-state index is -0.185. The molecule has 2 rings (SSSR count). The van der Waals surface area contributed by atoms with E-state index in [0.29, 0.717) is 5.92 Å². The Bertz CT molecular complexity index is 433. The second-order valence-corrected chi connectivity index (χ2v) is 4.73. The van der Waals surface area contributed by atoms with Gasteiger partial charge in [-0.1, -0.05) is 30.2 Å². The molecule has 2 heteroatoms. The predicted molar refractivity (Wildman–Crippen MR) is 73.4 cm³/mol. The van der Waals surface area contributed by atoms with Gasteiger partial charge in [-0.25, -0.2) is 4.39 Å². The molecule has 0 bridgehead atoms. The van der Waals surface area contributed by atoms with Crippen molar-refractivity contribution in [3.05, 3.63) is 41.7 Å². The molecule has 1 aromatic rings. The molecule has 0 N–H and O–H groups in total. The van der Waals surface area contributed by atoms with Crippen LogP contribution in [0.5, 0.6) is 0 Å². The van der Waals surface area contributed by atoms with Crippen LogP contribution in [0.2, 0.25) is 0 Å². The van der Waals surface area contributed by atoms with Crippen LogP contribution in [0.4, 0.5) is 4.39 Å². The molecule has 1 aliphatic heterocycles. The van der Waals surface area contributed by atoms with Crippen LogP contribution in [0.3, 0.4) is 0 Å². The highest BCUT2D eigenvalue weighted by atomic mass is 19.1. The Morgan fingerprint density at radius 3 is 2.56 bits per heavy atom. The zero-order valence-corrected chi connectivity index (χ0v) is 10.5. The van der Waals surface area contributed by atoms with Crippen LogP contribution >= 0.6 is 0 Å². The smallest absolute Gasteiger partial charge is 0.123 e. The first-order valence-corrected chi connectivity index (χ1v) is 6.37. The third kappa shape index (κ3) is 3.72. The Morgan fingerprint density at radius 2 is 1.94 bits per heavy atom. The van der Waals surface area contributed by atoms with Crippen molar-refractivity contribution in [2.75, 3.05) is 19.6 Å². The van der Waals surface area contributed by atoms with Crippen molar-refractivity contribution in [2.24, 2.45) is 5.92 Å². The average molecular weight is 243 g/mol. The van der Waals surface area contributed by atoms with Crippen LogP contribution < -0.4 is 0 Å². The Kier molecular flexibility index (Phi) is 4.55. The molecule has 94 valence electrons. The number of halogens is 1. The Balaban J connectivity index is 1.84. The fourth-order valence-corrected chi connectivity index (χ4v) is 2.25. The summed E-state index contributed by atoms with van der Waals surface area (Å²) >= 11 is 0. The number of likely N-dealkylation sites (tertiary alicyclic amines) is 1. The molecule has 1 saturated heterocycles. The molecular formula is C16H18FN. The van der Waals surface area contributed by atoms with E-state index in [9.17, 15) is 4.39 Å². The first kappa shape index (κ1) is 12.9. The van der Waals surface area contributed by atoms with Gasteiger partial charge in [0.2, 0.25) is 0 Å². The summed E-state index contributed by atoms with van der Waals surface area (Å²) in [4.78, 5) is 2.31. The van der Waals surface area contributed by atoms with E-state index in [1.54, 1.807) is 12.1 Å². The number of piperidine rings is 1. The van der Waals surface area contributed by atoms with Crippen LogP contribution in [0.1, 0.15) is 18.4 Å². The first-order valence-electron chi connectivity index (χ1n) is 6.37. The van der Waals surface area contributed by atoms with Gasteiger partial charge in [-0.3, -0.25) is 4.90 Å². The van der Waals surface area contributed by atoms with Crippen LogP contribution in [-0.2, 0) is 0 Å². The van der Waals surface area contributed by atoms with Gasteiger partial charge in [0, 0.05) is 0 Å². The normalized spacial score (nSPS) is 18.0. The highest BCUT2D eigenvalue weighted by Gasteiger charge is 2.15. The van der Waals surface area contributed by atoms with E-state index < -0.39 is 0 Å². The fourth-order valence-electron chi connectivity index (χ4n) is 2.25. The van der Waals surface area contributed by atoms with E-state index in [-0.39, 0.29) is 5.82 Å². The lowest BCUT2D eigenvalue weighted by atomic mass is 9.95. The Morgan fingerprint density at radius 1 is 1.28 bits per heavy atom. The fraction of sp³-hybridized carbons (Fsp3) is 0.375. The van der Waals surface area contributed by atoms with Crippen LogP contribution in [-0.4, -0.2) is 24.5 Å². The van der Waals surface area contributed by atoms with Crippen LogP contribution in [0.25, 0.3) is 6.08 Å². The summed E-state index contributed by atoms with van der Waals surface area (Å²) in [6.45, 7) is 2.90. The summed E-state index contributed by atoms with van der Waals surface area (Å²) in [5.74, 6) is 3.12. The summed E-state index contributed by atoms with van der Waals surface area (Å²) in [5, 5.41) is 0. The van der Waals surface area contributed by atoms with Crippen molar-refractivity contribution in [2.45, 2.75) is 12.8 Å². The van der Waals surface area contributed by atoms with Gasteiger partial charge in [-0.2, -0.15) is 0 Å². The molecule has 0 saturated carbocycles. The zero-order chi connectivity index (χ0) is 12.8. The van der Waals surface area contributed by atoms with E-state index in [2.05, 4.69) is 23.0 Å². The van der Waals surface area contributed by atoms with Crippen molar-refractivity contribution in [3.63, 3.8) is 0 Å². The number of nitrogens with zero attached hydrogens (tertiary/aromatic N) is 1. The van der Waals surface area contributed by atoms with Crippen molar-refractivity contribution < 1.29 is 4.39 Å². The van der Waals surface area contributed by atoms with E-state index in [1.807, 2.05) is 0 Å². The van der Waals surface area contributed by atoms with E-state index in [1.165, 1.54) is 12.1 Å². The molecule has 0 aromatic heterocycles. The van der Waals surface area contributed by atoms with Gasteiger partial charge in [-0.05, 0) is 49.5 Å². The minimum Gasteiger partial charge on any atom is -0.292 e. The molecule has 0 aliphatic carbocycles. The number of hydrogen-bond donors (Lipinski definition) is 0. The molecular weight excluding hydrogens is 225 g/mol. The van der Waals surface area contributed by atoms with Gasteiger partial charge in [0.1, 0.15) is 5.82 Å². The summed E-state index contributed by atoms with van der Waals surface area (Å²) < 4.78 is 12.8. The molecule has 0 radical (unpaired) electrons. The molecule has 1 nitrogen and oxygen atoms in total. The number of hydrogen-bond acceptors (Lipinski definition) is 1. The van der Waals surface area contributed by atoms with Crippen LogP contribution in [0, 0.1) is 24.1 Å². The van der Waals surface area contributed by atoms with E-state index >= 15 is 0 Å². The lowest BCUT2D eigenvalue weighted by Gasteiger charge is -2.28. The summed E-state index contributed by atoms with van der Waals surface area (Å²) in [6.07, 6.45) is 11.9. The van der Waals surface area contributed by atoms with Crippen LogP contribution in [0.15, 0.2) is 30.3 Å². The monoisotopic (exact) mass is 243 g/mol. The lowest BCUT2D eigenvalue weighted by Crippen LogP contribution is -2.33. The third-order valence-corrected chi connectivity index (χ3v) is 3.38. The number of rotatable bonds is 3. The maximum Gasteiger partial charge on any atom is 0.123 e. The second kappa shape index (κ2) is 6.37. The van der Waals surface area contributed by atoms with Gasteiger partial charge in [0.05, 0.1) is 6.54 Å². The molecule has 1 fully saturated rings. The number of allylic oxidation sites excluding steroid dienone is 1. The predicted octanol–water partition coefficient (Wildman–Crippen LogP) is 3.18. The molecule has 18 heavy (non-hydrogen) atoms. The van der Waals surface area contributed by atoms with Gasteiger partial charge < -0.3 is 0 Å². The minimum absolute atomic E-state index is 0.185. The van der Waals surface area contributed by atoms with Crippen molar-refractivity contribution in [1.82, 2.24) is 4.90 Å². The molecule has 0 spiro atoms. The van der Waals surface area contributed by atoms with Crippen molar-refractivity contribution in [3.8, 4) is 12.3 Å². The summed E-state index contributed by atoms with van der Waals surface area (Å²) in [7, 11) is 0. The summed E-state index contributed by atoms with van der Waals surface area (Å²) in [5.41, 5.74) is 1.06. The van der Waals surface area contributed by atoms with Gasteiger partial charge in [-0.15, -0.1) is 6.42 Å². The van der Waals surface area contributed by atoms with Gasteiger partial charge in [0.15, 0.2) is 0 Å². The van der Waals surface area contributed by atoms with Gasteiger partial charge in [0.25, 0.3) is 0 Å². The number of benzene rings is 1. The Hall–Kier alpha value is -1.59. The number of terminal acetylenes is 1. The first-order chi connectivity index (χ1) is 8.78. The van der Waals surface area contributed by atoms with E-state index in [0.717, 1.165) is 38.0 Å². The zero-order valence-electron chi connectivity index (χ0n) is 10.5. The maximum absolute atomic E-state index is 12.8. The third-order valence-electron chi connectivity index (χ3n) is 3.38. The van der Waals surface area contributed by atoms with Crippen molar-refractivity contribution >= 4 is 6.08 Å². The molecule has 0 unspecified atom stereocenters. The highest BCUT2D eigenvalue weighted by Crippen LogP contribution is 2.19. The summed E-state index contributed by atoms with van der Waals surface area (Å²) in [6, 6.07) is 6.60. The molecule has 0 amide bonds. The maximum atomic E-state index is 12.8. The average Bonchev–Trinajstić information content (AvgIpc) is 2.40. The largest absolute Gasteiger partial charge is 0.292 e. The molecule has 1 aromatic carbocycles. The lowest BCUT2D eigenvalue weighted by molar-refractivity contribution is 0.226. The van der Waals surface area contributed by atoms with E-state index in [4.69, 9.17) is 6.42 Å². The molecule has 0 atom stereocenters. The molecule has 1 aliphatic rings. The Labute approximate surface area is 108 Å². The SMILES string of the molecule is C#CCN1CCC(/C=C/c2ccc(F)cc2)CC1. The highest BCUT2D eigenvalue weighted by molar-refractivity contribution is 5.49. The van der Waals surface area contributed by atoms with Gasteiger partial charge >= 0.3 is 0 Å². The van der Waals surface area contributed by atoms with Crippen molar-refractivity contribution in [1.29, 1.82) is 0 Å². The molecule has 1 heterocycles. The second-order valence-electron chi connectivity index (χ2n) is 4.73. The quantitative estimate of drug-likeness (QED) is 0.737. The topological polar surface area (TPSA) is 3.24 Å². The standard InChI is InChI=1S/C16H18FN/c1-2-11-18-12-9-15(10-13-18)4-3-14-5-7-16(17)8-6-14/h1,3-8,15H,9-13H2/b4-3+.